The summed E-state index contributed by atoms with van der Waals surface area (Å²) in [5.41, 5.74) is 7.85. The summed E-state index contributed by atoms with van der Waals surface area (Å²) < 4.78 is 5.29. The number of benzene rings is 1. The first-order valence-corrected chi connectivity index (χ1v) is 7.27. The van der Waals surface area contributed by atoms with Gasteiger partial charge in [0.15, 0.2) is 0 Å². The van der Waals surface area contributed by atoms with Gasteiger partial charge in [-0.1, -0.05) is 25.2 Å². The van der Waals surface area contributed by atoms with E-state index in [1.165, 1.54) is 31.4 Å². The van der Waals surface area contributed by atoms with Crippen LogP contribution in [0.25, 0.3) is 0 Å². The Morgan fingerprint density at radius 3 is 2.95 bits per heavy atom. The minimum Gasteiger partial charge on any atom is -0.496 e. The molecule has 104 valence electrons. The first-order chi connectivity index (χ1) is 9.15. The van der Waals surface area contributed by atoms with Crippen LogP contribution in [0.15, 0.2) is 18.2 Å². The number of ether oxygens (including phenoxy) is 1. The molecule has 1 aromatic carbocycles. The van der Waals surface area contributed by atoms with Gasteiger partial charge in [-0.3, -0.25) is 4.90 Å². The molecule has 0 amide bonds. The summed E-state index contributed by atoms with van der Waals surface area (Å²) in [6.45, 7) is 4.42. The molecule has 0 spiro atoms. The van der Waals surface area contributed by atoms with Crippen molar-refractivity contribution in [2.24, 2.45) is 5.73 Å². The van der Waals surface area contributed by atoms with Crippen molar-refractivity contribution in [2.75, 3.05) is 13.7 Å². The van der Waals surface area contributed by atoms with Gasteiger partial charge in [-0.05, 0) is 43.5 Å². The Labute approximate surface area is 120 Å². The van der Waals surface area contributed by atoms with Gasteiger partial charge in [0.2, 0.25) is 0 Å². The van der Waals surface area contributed by atoms with Crippen molar-refractivity contribution in [3.63, 3.8) is 0 Å². The normalized spacial score (nSPS) is 19.6. The van der Waals surface area contributed by atoms with Crippen molar-refractivity contribution in [2.45, 2.75) is 38.8 Å². The average molecular weight is 278 g/mol. The van der Waals surface area contributed by atoms with Crippen LogP contribution in [0, 0.1) is 0 Å². The van der Waals surface area contributed by atoms with Crippen LogP contribution in [-0.2, 0) is 6.54 Å². The number of hydrogen-bond donors (Lipinski definition) is 1. The Bertz CT molecular complexity index is 461. The molecule has 1 fully saturated rings. The van der Waals surface area contributed by atoms with Gasteiger partial charge in [0.05, 0.1) is 12.7 Å². The van der Waals surface area contributed by atoms with E-state index in [0.717, 1.165) is 23.9 Å². The van der Waals surface area contributed by atoms with Crippen molar-refractivity contribution in [1.29, 1.82) is 0 Å². The van der Waals surface area contributed by atoms with Crippen LogP contribution < -0.4 is 10.5 Å². The van der Waals surface area contributed by atoms with Gasteiger partial charge in [-0.25, -0.2) is 0 Å². The second kappa shape index (κ2) is 6.35. The van der Waals surface area contributed by atoms with E-state index in [9.17, 15) is 0 Å². The first-order valence-electron chi connectivity index (χ1n) is 6.86. The quantitative estimate of drug-likeness (QED) is 0.841. The standard InChI is InChI=1S/C15H22N2OS/c1-3-12-5-4-8-17(12)10-11-6-7-14(18-2)13(9-11)15(16)19/h6-7,9,12H,3-5,8,10H2,1-2H3,(H2,16,19). The number of thiocarbonyl (C=S) groups is 1. The molecular formula is C15H22N2OS. The number of hydrogen-bond acceptors (Lipinski definition) is 3. The van der Waals surface area contributed by atoms with Crippen LogP contribution >= 0.6 is 12.2 Å². The van der Waals surface area contributed by atoms with Crippen LogP contribution in [0.3, 0.4) is 0 Å². The molecule has 1 heterocycles. The number of methoxy groups -OCH3 is 1. The lowest BCUT2D eigenvalue weighted by atomic mass is 10.1. The number of nitrogens with zero attached hydrogens (tertiary/aromatic N) is 1. The maximum Gasteiger partial charge on any atom is 0.129 e. The molecule has 1 aliphatic rings. The summed E-state index contributed by atoms with van der Waals surface area (Å²) in [7, 11) is 1.64. The van der Waals surface area contributed by atoms with E-state index in [2.05, 4.69) is 24.0 Å². The minimum absolute atomic E-state index is 0.396. The number of nitrogens with two attached hydrogens (primary N) is 1. The lowest BCUT2D eigenvalue weighted by molar-refractivity contribution is 0.240. The van der Waals surface area contributed by atoms with Gasteiger partial charge in [-0.2, -0.15) is 0 Å². The van der Waals surface area contributed by atoms with Crippen molar-refractivity contribution < 1.29 is 4.74 Å². The summed E-state index contributed by atoms with van der Waals surface area (Å²) in [6, 6.07) is 6.84. The summed E-state index contributed by atoms with van der Waals surface area (Å²) >= 11 is 5.09. The highest BCUT2D eigenvalue weighted by Gasteiger charge is 2.22. The highest BCUT2D eigenvalue weighted by Crippen LogP contribution is 2.25. The molecule has 0 aromatic heterocycles. The third-order valence-electron chi connectivity index (χ3n) is 3.89. The maximum atomic E-state index is 5.76. The predicted molar refractivity (Wildman–Crippen MR) is 82.6 cm³/mol. The summed E-state index contributed by atoms with van der Waals surface area (Å²) in [5, 5.41) is 0. The van der Waals surface area contributed by atoms with Crippen molar-refractivity contribution in [3.8, 4) is 5.75 Å². The molecule has 0 aliphatic carbocycles. The van der Waals surface area contributed by atoms with Gasteiger partial charge in [-0.15, -0.1) is 0 Å². The van der Waals surface area contributed by atoms with Crippen molar-refractivity contribution >= 4 is 17.2 Å². The Hall–Kier alpha value is -1.13. The maximum absolute atomic E-state index is 5.76. The molecule has 0 saturated carbocycles. The topological polar surface area (TPSA) is 38.5 Å². The van der Waals surface area contributed by atoms with Crippen LogP contribution in [-0.4, -0.2) is 29.6 Å². The van der Waals surface area contributed by atoms with E-state index in [4.69, 9.17) is 22.7 Å². The van der Waals surface area contributed by atoms with Crippen molar-refractivity contribution in [3.05, 3.63) is 29.3 Å². The van der Waals surface area contributed by atoms with Crippen LogP contribution in [0.1, 0.15) is 37.3 Å². The second-order valence-corrected chi connectivity index (χ2v) is 5.51. The van der Waals surface area contributed by atoms with Crippen LogP contribution in [0.4, 0.5) is 0 Å². The van der Waals surface area contributed by atoms with E-state index in [1.54, 1.807) is 7.11 Å². The Kier molecular flexibility index (Phi) is 4.77. The van der Waals surface area contributed by atoms with E-state index in [0.29, 0.717) is 4.99 Å². The fourth-order valence-corrected chi connectivity index (χ4v) is 3.01. The molecule has 1 saturated heterocycles. The van der Waals surface area contributed by atoms with E-state index in [-0.39, 0.29) is 0 Å². The first kappa shape index (κ1) is 14.3. The van der Waals surface area contributed by atoms with Gasteiger partial charge in [0, 0.05) is 12.6 Å². The van der Waals surface area contributed by atoms with Crippen molar-refractivity contribution in [1.82, 2.24) is 4.90 Å². The van der Waals surface area contributed by atoms with Crippen LogP contribution in [0.2, 0.25) is 0 Å². The number of rotatable bonds is 5. The summed E-state index contributed by atoms with van der Waals surface area (Å²) in [6.07, 6.45) is 3.84. The van der Waals surface area contributed by atoms with Gasteiger partial charge < -0.3 is 10.5 Å². The molecular weight excluding hydrogens is 256 g/mol. The molecule has 2 N–H and O–H groups in total. The Balaban J connectivity index is 2.17. The monoisotopic (exact) mass is 278 g/mol. The van der Waals surface area contributed by atoms with Gasteiger partial charge >= 0.3 is 0 Å². The smallest absolute Gasteiger partial charge is 0.129 e. The van der Waals surface area contributed by atoms with Crippen LogP contribution in [0.5, 0.6) is 5.75 Å². The molecule has 0 radical (unpaired) electrons. The molecule has 4 heteroatoms. The highest BCUT2D eigenvalue weighted by atomic mass is 32.1. The lowest BCUT2D eigenvalue weighted by Gasteiger charge is -2.23. The molecule has 2 rings (SSSR count). The third-order valence-corrected chi connectivity index (χ3v) is 4.11. The SMILES string of the molecule is CCC1CCCN1Cc1ccc(OC)c(C(N)=S)c1. The van der Waals surface area contributed by atoms with Gasteiger partial charge in [0.1, 0.15) is 10.7 Å². The predicted octanol–water partition coefficient (Wildman–Crippen LogP) is 2.70. The molecule has 1 unspecified atom stereocenters. The Morgan fingerprint density at radius 1 is 1.53 bits per heavy atom. The highest BCUT2D eigenvalue weighted by molar-refractivity contribution is 7.80. The number of likely N-dealkylation sites (tertiary alicyclic amines) is 1. The molecule has 1 aliphatic heterocycles. The fourth-order valence-electron chi connectivity index (χ4n) is 2.85. The zero-order valence-electron chi connectivity index (χ0n) is 11.7. The molecule has 3 nitrogen and oxygen atoms in total. The fraction of sp³-hybridized carbons (Fsp3) is 0.533. The summed E-state index contributed by atoms with van der Waals surface area (Å²) in [5.74, 6) is 0.754. The molecule has 0 bridgehead atoms. The summed E-state index contributed by atoms with van der Waals surface area (Å²) in [4.78, 5) is 2.94. The largest absolute Gasteiger partial charge is 0.496 e. The Morgan fingerprint density at radius 2 is 2.32 bits per heavy atom. The molecule has 19 heavy (non-hydrogen) atoms. The molecule has 1 aromatic rings. The third kappa shape index (κ3) is 3.25. The van der Waals surface area contributed by atoms with Gasteiger partial charge in [0.25, 0.3) is 0 Å². The molecule has 1 atom stereocenters. The lowest BCUT2D eigenvalue weighted by Crippen LogP contribution is -2.28. The minimum atomic E-state index is 0.396. The van der Waals surface area contributed by atoms with E-state index in [1.807, 2.05) is 6.07 Å². The van der Waals surface area contributed by atoms with E-state index >= 15 is 0 Å². The zero-order chi connectivity index (χ0) is 13.8. The second-order valence-electron chi connectivity index (χ2n) is 5.07. The van der Waals surface area contributed by atoms with E-state index < -0.39 is 0 Å². The average Bonchev–Trinajstić information content (AvgIpc) is 2.85. The zero-order valence-corrected chi connectivity index (χ0v) is 12.5.